The number of esters is 1. The molecule has 0 bridgehead atoms. The van der Waals surface area contributed by atoms with Gasteiger partial charge in [0.2, 0.25) is 0 Å². The quantitative estimate of drug-likeness (QED) is 0.792. The maximum atomic E-state index is 11.5. The molecule has 1 aromatic carbocycles. The fourth-order valence-corrected chi connectivity index (χ4v) is 1.49. The predicted octanol–water partition coefficient (Wildman–Crippen LogP) is 1.74. The van der Waals surface area contributed by atoms with Gasteiger partial charge in [-0.25, -0.2) is 0 Å². The maximum absolute atomic E-state index is 11.5. The van der Waals surface area contributed by atoms with Crippen LogP contribution in [0.25, 0.3) is 0 Å². The van der Waals surface area contributed by atoms with Gasteiger partial charge in [-0.3, -0.25) is 10.1 Å². The third-order valence-electron chi connectivity index (χ3n) is 2.61. The Morgan fingerprint density at radius 1 is 1.29 bits per heavy atom. The molecule has 94 valence electrons. The van der Waals surface area contributed by atoms with Crippen molar-refractivity contribution in [3.63, 3.8) is 0 Å². The molecule has 0 aliphatic carbocycles. The molecule has 1 rings (SSSR count). The molecule has 0 amide bonds. The van der Waals surface area contributed by atoms with Gasteiger partial charge in [-0.15, -0.1) is 0 Å². The van der Waals surface area contributed by atoms with Crippen molar-refractivity contribution in [2.45, 2.75) is 25.9 Å². The monoisotopic (exact) mass is 237 g/mol. The van der Waals surface area contributed by atoms with Crippen LogP contribution in [0, 0.1) is 0 Å². The maximum Gasteiger partial charge on any atom is 0.325 e. The first kappa shape index (κ1) is 13.5. The number of benzene rings is 1. The van der Waals surface area contributed by atoms with E-state index in [4.69, 9.17) is 9.47 Å². The van der Waals surface area contributed by atoms with Crippen molar-refractivity contribution < 1.29 is 14.3 Å². The summed E-state index contributed by atoms with van der Waals surface area (Å²) in [4.78, 5) is 11.5. The number of ether oxygens (including phenoxy) is 2. The first-order chi connectivity index (χ1) is 8.01. The second-order valence-electron chi connectivity index (χ2n) is 4.28. The smallest absolute Gasteiger partial charge is 0.325 e. The first-order valence-corrected chi connectivity index (χ1v) is 5.46. The summed E-state index contributed by atoms with van der Waals surface area (Å²) in [5.41, 5.74) is 0.294. The molecule has 0 aromatic heterocycles. The zero-order valence-electron chi connectivity index (χ0n) is 10.7. The molecule has 1 N–H and O–H groups in total. The number of carbonyl (C=O) groups is 1. The summed E-state index contributed by atoms with van der Waals surface area (Å²) in [6.07, 6.45) is 0. The zero-order valence-corrected chi connectivity index (χ0v) is 10.7. The number of methoxy groups -OCH3 is 2. The third kappa shape index (κ3) is 3.46. The third-order valence-corrected chi connectivity index (χ3v) is 2.61. The summed E-state index contributed by atoms with van der Waals surface area (Å²) < 4.78 is 9.97. The van der Waals surface area contributed by atoms with Crippen LogP contribution in [0.15, 0.2) is 24.3 Å². The normalized spacial score (nSPS) is 11.1. The number of hydrogen-bond acceptors (Lipinski definition) is 4. The van der Waals surface area contributed by atoms with Gasteiger partial charge >= 0.3 is 5.97 Å². The van der Waals surface area contributed by atoms with E-state index < -0.39 is 5.54 Å². The van der Waals surface area contributed by atoms with Crippen molar-refractivity contribution in [2.24, 2.45) is 0 Å². The molecule has 17 heavy (non-hydrogen) atoms. The molecule has 4 heteroatoms. The molecule has 0 aliphatic rings. The lowest BCUT2D eigenvalue weighted by Crippen LogP contribution is -2.46. The fourth-order valence-electron chi connectivity index (χ4n) is 1.49. The van der Waals surface area contributed by atoms with Crippen LogP contribution in [-0.4, -0.2) is 25.7 Å². The van der Waals surface area contributed by atoms with Crippen molar-refractivity contribution in [1.82, 2.24) is 5.32 Å². The standard InChI is InChI=1S/C13H19NO3/c1-13(2,12(15)17-4)14-9-10-7-5-6-8-11(10)16-3/h5-8,14H,9H2,1-4H3. The van der Waals surface area contributed by atoms with Crippen molar-refractivity contribution >= 4 is 5.97 Å². The van der Waals surface area contributed by atoms with Gasteiger partial charge in [0.05, 0.1) is 14.2 Å². The van der Waals surface area contributed by atoms with Crippen LogP contribution < -0.4 is 10.1 Å². The van der Waals surface area contributed by atoms with E-state index in [2.05, 4.69) is 5.32 Å². The fraction of sp³-hybridized carbons (Fsp3) is 0.462. The van der Waals surface area contributed by atoms with E-state index in [-0.39, 0.29) is 5.97 Å². The molecular formula is C13H19NO3. The van der Waals surface area contributed by atoms with E-state index in [9.17, 15) is 4.79 Å². The van der Waals surface area contributed by atoms with E-state index >= 15 is 0 Å². The van der Waals surface area contributed by atoms with Crippen LogP contribution in [0.3, 0.4) is 0 Å². The Morgan fingerprint density at radius 2 is 1.94 bits per heavy atom. The molecule has 0 spiro atoms. The molecular weight excluding hydrogens is 218 g/mol. The summed E-state index contributed by atoms with van der Waals surface area (Å²) in [6, 6.07) is 7.69. The van der Waals surface area contributed by atoms with Gasteiger partial charge in [0.15, 0.2) is 0 Å². The minimum Gasteiger partial charge on any atom is -0.496 e. The van der Waals surface area contributed by atoms with Crippen molar-refractivity contribution in [2.75, 3.05) is 14.2 Å². The van der Waals surface area contributed by atoms with Crippen LogP contribution in [0.2, 0.25) is 0 Å². The number of carbonyl (C=O) groups excluding carboxylic acids is 1. The highest BCUT2D eigenvalue weighted by molar-refractivity contribution is 5.79. The summed E-state index contributed by atoms with van der Waals surface area (Å²) in [5, 5.41) is 3.15. The second-order valence-corrected chi connectivity index (χ2v) is 4.28. The van der Waals surface area contributed by atoms with Crippen LogP contribution >= 0.6 is 0 Å². The predicted molar refractivity (Wildman–Crippen MR) is 65.9 cm³/mol. The van der Waals surface area contributed by atoms with Crippen LogP contribution in [0.1, 0.15) is 19.4 Å². The molecule has 0 heterocycles. The minimum absolute atomic E-state index is 0.285. The molecule has 4 nitrogen and oxygen atoms in total. The Labute approximate surface area is 102 Å². The van der Waals surface area contributed by atoms with Gasteiger partial charge in [-0.05, 0) is 19.9 Å². The molecule has 0 saturated heterocycles. The summed E-state index contributed by atoms with van der Waals surface area (Å²) in [6.45, 7) is 4.12. The van der Waals surface area contributed by atoms with Crippen LogP contribution in [0.4, 0.5) is 0 Å². The molecule has 0 fully saturated rings. The Kier molecular flexibility index (Phi) is 4.52. The molecule has 0 saturated carbocycles. The van der Waals surface area contributed by atoms with Crippen molar-refractivity contribution in [3.8, 4) is 5.75 Å². The van der Waals surface area contributed by atoms with E-state index in [1.54, 1.807) is 21.0 Å². The SMILES string of the molecule is COC(=O)C(C)(C)NCc1ccccc1OC. The van der Waals surface area contributed by atoms with Gasteiger partial charge in [-0.2, -0.15) is 0 Å². The Balaban J connectivity index is 2.70. The minimum atomic E-state index is -0.713. The van der Waals surface area contributed by atoms with Crippen molar-refractivity contribution in [3.05, 3.63) is 29.8 Å². The van der Waals surface area contributed by atoms with Crippen molar-refractivity contribution in [1.29, 1.82) is 0 Å². The molecule has 0 radical (unpaired) electrons. The lowest BCUT2D eigenvalue weighted by atomic mass is 10.1. The average Bonchev–Trinajstić information content (AvgIpc) is 2.35. The van der Waals surface area contributed by atoms with Gasteiger partial charge in [0.25, 0.3) is 0 Å². The molecule has 0 aliphatic heterocycles. The number of nitrogens with one attached hydrogen (secondary N) is 1. The summed E-state index contributed by atoms with van der Waals surface area (Å²) in [7, 11) is 3.01. The van der Waals surface area contributed by atoms with Crippen LogP contribution in [-0.2, 0) is 16.1 Å². The number of hydrogen-bond donors (Lipinski definition) is 1. The van der Waals surface area contributed by atoms with E-state index in [0.717, 1.165) is 11.3 Å². The van der Waals surface area contributed by atoms with Gasteiger partial charge in [-0.1, -0.05) is 18.2 Å². The van der Waals surface area contributed by atoms with Gasteiger partial charge < -0.3 is 9.47 Å². The Hall–Kier alpha value is -1.55. The number of rotatable bonds is 5. The summed E-state index contributed by atoms with van der Waals surface area (Å²) >= 11 is 0. The van der Waals surface area contributed by atoms with E-state index in [0.29, 0.717) is 6.54 Å². The highest BCUT2D eigenvalue weighted by Crippen LogP contribution is 2.18. The lowest BCUT2D eigenvalue weighted by molar-refractivity contribution is -0.147. The van der Waals surface area contributed by atoms with E-state index in [1.165, 1.54) is 7.11 Å². The summed E-state index contributed by atoms with van der Waals surface area (Å²) in [5.74, 6) is 0.521. The topological polar surface area (TPSA) is 47.6 Å². The highest BCUT2D eigenvalue weighted by Gasteiger charge is 2.27. The largest absolute Gasteiger partial charge is 0.496 e. The Morgan fingerprint density at radius 3 is 2.53 bits per heavy atom. The highest BCUT2D eigenvalue weighted by atomic mass is 16.5. The van der Waals surface area contributed by atoms with Gasteiger partial charge in [0.1, 0.15) is 11.3 Å². The second kappa shape index (κ2) is 5.68. The first-order valence-electron chi connectivity index (χ1n) is 5.46. The number of para-hydroxylation sites is 1. The van der Waals surface area contributed by atoms with E-state index in [1.807, 2.05) is 24.3 Å². The molecule has 0 unspecified atom stereocenters. The van der Waals surface area contributed by atoms with Crippen LogP contribution in [0.5, 0.6) is 5.75 Å². The molecule has 0 atom stereocenters. The zero-order chi connectivity index (χ0) is 12.9. The Bertz CT molecular complexity index is 388. The molecule has 1 aromatic rings. The lowest BCUT2D eigenvalue weighted by Gasteiger charge is -2.23. The average molecular weight is 237 g/mol. The van der Waals surface area contributed by atoms with Gasteiger partial charge in [0, 0.05) is 12.1 Å².